The van der Waals surface area contributed by atoms with Gasteiger partial charge in [-0.3, -0.25) is 9.78 Å². The van der Waals surface area contributed by atoms with Gasteiger partial charge in [-0.25, -0.2) is 4.39 Å². The molecule has 0 aliphatic carbocycles. The van der Waals surface area contributed by atoms with Crippen molar-refractivity contribution in [1.82, 2.24) is 4.98 Å². The number of aromatic nitrogens is 1. The highest BCUT2D eigenvalue weighted by Crippen LogP contribution is 2.20. The van der Waals surface area contributed by atoms with Crippen LogP contribution in [0.25, 0.3) is 0 Å². The average Bonchev–Trinajstić information content (AvgIpc) is 2.42. The van der Waals surface area contributed by atoms with Gasteiger partial charge >= 0.3 is 0 Å². The molecule has 0 radical (unpaired) electrons. The Hall–Kier alpha value is -2.14. The molecule has 0 unspecified atom stereocenters. The second-order valence-electron chi connectivity index (χ2n) is 3.69. The molecular weight excluding hydrogens is 271 g/mol. The van der Waals surface area contributed by atoms with Crippen molar-refractivity contribution in [3.63, 3.8) is 0 Å². The van der Waals surface area contributed by atoms with E-state index >= 15 is 0 Å². The molecule has 2 rings (SSSR count). The lowest BCUT2D eigenvalue weighted by Crippen LogP contribution is -2.13. The number of nitrogens with one attached hydrogen (secondary N) is 1. The Bertz CT molecular complexity index is 619. The molecular formula is C13H10ClFN2O2. The van der Waals surface area contributed by atoms with Crippen LogP contribution in [-0.4, -0.2) is 18.0 Å². The van der Waals surface area contributed by atoms with E-state index in [1.54, 1.807) is 0 Å². The van der Waals surface area contributed by atoms with Gasteiger partial charge in [-0.1, -0.05) is 11.6 Å². The number of amides is 1. The number of nitrogens with zero attached hydrogens (tertiary/aromatic N) is 1. The van der Waals surface area contributed by atoms with Crippen molar-refractivity contribution in [3.05, 3.63) is 53.1 Å². The monoisotopic (exact) mass is 280 g/mol. The number of methoxy groups -OCH3 is 1. The third-order valence-corrected chi connectivity index (χ3v) is 2.63. The van der Waals surface area contributed by atoms with E-state index in [4.69, 9.17) is 16.3 Å². The van der Waals surface area contributed by atoms with Crippen molar-refractivity contribution < 1.29 is 13.9 Å². The van der Waals surface area contributed by atoms with Crippen LogP contribution in [0, 0.1) is 5.82 Å². The normalized spacial score (nSPS) is 10.1. The molecule has 1 aromatic heterocycles. The third-order valence-electron chi connectivity index (χ3n) is 2.39. The number of anilines is 1. The molecule has 0 aliphatic rings. The Morgan fingerprint density at radius 2 is 2.16 bits per heavy atom. The van der Waals surface area contributed by atoms with Crippen LogP contribution in [0.3, 0.4) is 0 Å². The Kier molecular flexibility index (Phi) is 3.97. The predicted octanol–water partition coefficient (Wildman–Crippen LogP) is 3.14. The van der Waals surface area contributed by atoms with Gasteiger partial charge in [0.25, 0.3) is 5.91 Å². The molecule has 0 atom stereocenters. The van der Waals surface area contributed by atoms with Crippen LogP contribution in [0.1, 0.15) is 10.4 Å². The Labute approximate surface area is 114 Å². The molecule has 0 fully saturated rings. The second-order valence-corrected chi connectivity index (χ2v) is 4.13. The van der Waals surface area contributed by atoms with Gasteiger partial charge in [-0.2, -0.15) is 0 Å². The quantitative estimate of drug-likeness (QED) is 0.940. The maximum absolute atomic E-state index is 13.5. The molecule has 4 nitrogen and oxygen atoms in total. The van der Waals surface area contributed by atoms with E-state index in [0.717, 1.165) is 6.07 Å². The minimum Gasteiger partial charge on any atom is -0.495 e. The van der Waals surface area contributed by atoms with Crippen molar-refractivity contribution >= 4 is 23.2 Å². The molecule has 0 aliphatic heterocycles. The van der Waals surface area contributed by atoms with Crippen molar-refractivity contribution in [1.29, 1.82) is 0 Å². The largest absolute Gasteiger partial charge is 0.495 e. The lowest BCUT2D eigenvalue weighted by Gasteiger charge is -2.07. The number of carbonyl (C=O) groups excluding carboxylic acids is 1. The van der Waals surface area contributed by atoms with Gasteiger partial charge in [0.1, 0.15) is 11.6 Å². The van der Waals surface area contributed by atoms with Crippen LogP contribution in [-0.2, 0) is 0 Å². The fourth-order valence-corrected chi connectivity index (χ4v) is 1.60. The number of hydrogen-bond donors (Lipinski definition) is 1. The SMILES string of the molecule is COc1cncc(C(=O)Nc2ccc(Cl)cc2F)c1. The van der Waals surface area contributed by atoms with E-state index in [9.17, 15) is 9.18 Å². The zero-order chi connectivity index (χ0) is 13.8. The van der Waals surface area contributed by atoms with E-state index in [-0.39, 0.29) is 16.3 Å². The molecule has 0 saturated heterocycles. The molecule has 19 heavy (non-hydrogen) atoms. The van der Waals surface area contributed by atoms with Gasteiger partial charge in [0, 0.05) is 11.2 Å². The third kappa shape index (κ3) is 3.20. The van der Waals surface area contributed by atoms with E-state index < -0.39 is 11.7 Å². The Morgan fingerprint density at radius 1 is 1.37 bits per heavy atom. The molecule has 98 valence electrons. The van der Waals surface area contributed by atoms with Crippen molar-refractivity contribution in [3.8, 4) is 5.75 Å². The summed E-state index contributed by atoms with van der Waals surface area (Å²) >= 11 is 5.63. The second kappa shape index (κ2) is 5.67. The molecule has 0 spiro atoms. The summed E-state index contributed by atoms with van der Waals surface area (Å²) < 4.78 is 18.5. The summed E-state index contributed by atoms with van der Waals surface area (Å²) in [5.41, 5.74) is 0.325. The molecule has 0 bridgehead atoms. The van der Waals surface area contributed by atoms with Gasteiger partial charge in [0.2, 0.25) is 0 Å². The highest BCUT2D eigenvalue weighted by atomic mass is 35.5. The zero-order valence-corrected chi connectivity index (χ0v) is 10.7. The Balaban J connectivity index is 2.20. The Morgan fingerprint density at radius 3 is 2.84 bits per heavy atom. The van der Waals surface area contributed by atoms with Gasteiger partial charge in [0.15, 0.2) is 0 Å². The van der Waals surface area contributed by atoms with Gasteiger partial charge in [-0.05, 0) is 24.3 Å². The van der Waals surface area contributed by atoms with Crippen LogP contribution in [0.5, 0.6) is 5.75 Å². The molecule has 2 aromatic rings. The van der Waals surface area contributed by atoms with E-state index in [1.807, 2.05) is 0 Å². The smallest absolute Gasteiger partial charge is 0.257 e. The minimum atomic E-state index is -0.600. The molecule has 6 heteroatoms. The topological polar surface area (TPSA) is 51.2 Å². The summed E-state index contributed by atoms with van der Waals surface area (Å²) in [6, 6.07) is 5.52. The minimum absolute atomic E-state index is 0.0530. The van der Waals surface area contributed by atoms with Crippen molar-refractivity contribution in [2.45, 2.75) is 0 Å². The number of ether oxygens (including phenoxy) is 1. The number of rotatable bonds is 3. The number of benzene rings is 1. The van der Waals surface area contributed by atoms with Crippen LogP contribution < -0.4 is 10.1 Å². The highest BCUT2D eigenvalue weighted by molar-refractivity contribution is 6.30. The summed E-state index contributed by atoms with van der Waals surface area (Å²) in [4.78, 5) is 15.8. The number of hydrogen-bond acceptors (Lipinski definition) is 3. The van der Waals surface area contributed by atoms with Crippen LogP contribution in [0.2, 0.25) is 5.02 Å². The molecule has 0 saturated carbocycles. The molecule has 1 N–H and O–H groups in total. The first-order chi connectivity index (χ1) is 9.10. The lowest BCUT2D eigenvalue weighted by atomic mass is 10.2. The van der Waals surface area contributed by atoms with Crippen molar-refractivity contribution in [2.75, 3.05) is 12.4 Å². The van der Waals surface area contributed by atoms with E-state index in [2.05, 4.69) is 10.3 Å². The summed E-state index contributed by atoms with van der Waals surface area (Å²) in [6.07, 6.45) is 2.84. The summed E-state index contributed by atoms with van der Waals surface area (Å²) in [7, 11) is 1.47. The summed E-state index contributed by atoms with van der Waals surface area (Å²) in [6.45, 7) is 0. The van der Waals surface area contributed by atoms with E-state index in [1.165, 1.54) is 37.7 Å². The van der Waals surface area contributed by atoms with Crippen LogP contribution in [0.15, 0.2) is 36.7 Å². The standard InChI is InChI=1S/C13H10ClFN2O2/c1-19-10-4-8(6-16-7-10)13(18)17-12-3-2-9(14)5-11(12)15/h2-7H,1H3,(H,17,18). The maximum Gasteiger partial charge on any atom is 0.257 e. The van der Waals surface area contributed by atoms with Crippen LogP contribution >= 0.6 is 11.6 Å². The molecule has 1 heterocycles. The first-order valence-electron chi connectivity index (χ1n) is 5.35. The number of carbonyl (C=O) groups is 1. The zero-order valence-electron chi connectivity index (χ0n) is 9.98. The maximum atomic E-state index is 13.5. The molecule has 1 amide bonds. The number of pyridine rings is 1. The number of halogens is 2. The molecule has 1 aromatic carbocycles. The van der Waals surface area contributed by atoms with Gasteiger partial charge in [0.05, 0.1) is 24.6 Å². The highest BCUT2D eigenvalue weighted by Gasteiger charge is 2.10. The predicted molar refractivity (Wildman–Crippen MR) is 70.2 cm³/mol. The fraction of sp³-hybridized carbons (Fsp3) is 0.0769. The fourth-order valence-electron chi connectivity index (χ4n) is 1.44. The van der Waals surface area contributed by atoms with Gasteiger partial charge < -0.3 is 10.1 Å². The lowest BCUT2D eigenvalue weighted by molar-refractivity contribution is 0.102. The van der Waals surface area contributed by atoms with Gasteiger partial charge in [-0.15, -0.1) is 0 Å². The summed E-state index contributed by atoms with van der Waals surface area (Å²) in [5, 5.41) is 2.70. The average molecular weight is 281 g/mol. The van der Waals surface area contributed by atoms with Crippen LogP contribution in [0.4, 0.5) is 10.1 Å². The first-order valence-corrected chi connectivity index (χ1v) is 5.73. The first kappa shape index (κ1) is 13.3. The summed E-state index contributed by atoms with van der Waals surface area (Å²) in [5.74, 6) is -0.631. The van der Waals surface area contributed by atoms with Crippen molar-refractivity contribution in [2.24, 2.45) is 0 Å². The van der Waals surface area contributed by atoms with E-state index in [0.29, 0.717) is 5.75 Å².